The molecule has 0 aliphatic heterocycles. The summed E-state index contributed by atoms with van der Waals surface area (Å²) >= 11 is 0. The number of amides is 1. The van der Waals surface area contributed by atoms with Crippen LogP contribution in [0.1, 0.15) is 5.56 Å². The highest BCUT2D eigenvalue weighted by atomic mass is 19.1. The average Bonchev–Trinajstić information content (AvgIpc) is 2.18. The van der Waals surface area contributed by atoms with Gasteiger partial charge >= 0.3 is 0 Å². The van der Waals surface area contributed by atoms with Crippen molar-refractivity contribution in [1.82, 2.24) is 4.90 Å². The molecule has 0 fully saturated rings. The van der Waals surface area contributed by atoms with E-state index in [1.54, 1.807) is 14.1 Å². The van der Waals surface area contributed by atoms with Crippen LogP contribution in [0.3, 0.4) is 0 Å². The fourth-order valence-corrected chi connectivity index (χ4v) is 1.11. The van der Waals surface area contributed by atoms with Crippen LogP contribution >= 0.6 is 0 Å². The summed E-state index contributed by atoms with van der Waals surface area (Å²) in [6, 6.07) is 2.97. The highest BCUT2D eigenvalue weighted by Gasteiger charge is 2.13. The molecule has 1 aromatic carbocycles. The van der Waals surface area contributed by atoms with E-state index < -0.39 is 5.82 Å². The summed E-state index contributed by atoms with van der Waals surface area (Å²) in [5.41, 5.74) is 11.2. The lowest BCUT2D eigenvalue weighted by Crippen LogP contribution is -2.24. The third-order valence-electron chi connectivity index (χ3n) is 2.13. The van der Waals surface area contributed by atoms with E-state index in [0.717, 1.165) is 0 Å². The third-order valence-corrected chi connectivity index (χ3v) is 2.13. The highest BCUT2D eigenvalue weighted by Crippen LogP contribution is 2.22. The number of carbonyl (C=O) groups is 1. The molecular weight excluding hydrogens is 197 g/mol. The second-order valence-electron chi connectivity index (χ2n) is 3.51. The molecule has 82 valence electrons. The van der Waals surface area contributed by atoms with E-state index in [9.17, 15) is 9.18 Å². The zero-order chi connectivity index (χ0) is 11.6. The Morgan fingerprint density at radius 1 is 1.40 bits per heavy atom. The van der Waals surface area contributed by atoms with Gasteiger partial charge in [0.15, 0.2) is 5.82 Å². The van der Waals surface area contributed by atoms with Crippen LogP contribution in [0, 0.1) is 5.82 Å². The maximum absolute atomic E-state index is 13.5. The molecule has 4 N–H and O–H groups in total. The number of rotatable bonds is 2. The van der Waals surface area contributed by atoms with Crippen molar-refractivity contribution < 1.29 is 9.18 Å². The van der Waals surface area contributed by atoms with Crippen molar-refractivity contribution in [2.24, 2.45) is 0 Å². The Morgan fingerprint density at radius 2 is 2.00 bits per heavy atom. The Morgan fingerprint density at radius 3 is 2.53 bits per heavy atom. The fraction of sp³-hybridized carbons (Fsp3) is 0.300. The number of nitrogen functional groups attached to an aromatic ring is 2. The third kappa shape index (κ3) is 2.37. The number of anilines is 2. The van der Waals surface area contributed by atoms with Crippen molar-refractivity contribution >= 4 is 17.3 Å². The van der Waals surface area contributed by atoms with Crippen LogP contribution in [0.15, 0.2) is 12.1 Å². The first-order chi connectivity index (χ1) is 6.93. The first-order valence-corrected chi connectivity index (χ1v) is 4.46. The molecule has 0 heterocycles. The van der Waals surface area contributed by atoms with E-state index in [4.69, 9.17) is 11.5 Å². The minimum absolute atomic E-state index is 0.0106. The number of nitrogens with two attached hydrogens (primary N) is 2. The van der Waals surface area contributed by atoms with Gasteiger partial charge in [-0.05, 0) is 11.6 Å². The van der Waals surface area contributed by atoms with Gasteiger partial charge in [0.1, 0.15) is 0 Å². The smallest absolute Gasteiger partial charge is 0.226 e. The molecule has 5 heteroatoms. The molecular formula is C10H14FN3O. The molecule has 4 nitrogen and oxygen atoms in total. The predicted molar refractivity (Wildman–Crippen MR) is 57.6 cm³/mol. The maximum atomic E-state index is 13.5. The van der Waals surface area contributed by atoms with Crippen LogP contribution in [0.5, 0.6) is 0 Å². The summed E-state index contributed by atoms with van der Waals surface area (Å²) in [4.78, 5) is 12.7. The molecule has 0 spiro atoms. The van der Waals surface area contributed by atoms with E-state index in [2.05, 4.69) is 0 Å². The molecule has 0 bridgehead atoms. The highest BCUT2D eigenvalue weighted by molar-refractivity contribution is 5.79. The summed E-state index contributed by atoms with van der Waals surface area (Å²) in [7, 11) is 3.22. The lowest BCUT2D eigenvalue weighted by molar-refractivity contribution is -0.128. The minimum Gasteiger partial charge on any atom is -0.397 e. The summed E-state index contributed by atoms with van der Waals surface area (Å²) in [5, 5.41) is 0. The van der Waals surface area contributed by atoms with E-state index in [0.29, 0.717) is 0 Å². The standard InChI is InChI=1S/C10H14FN3O/c1-14(2)8(15)5-6-3-4-7(12)10(13)9(6)11/h3-4H,5,12-13H2,1-2H3. The Hall–Kier alpha value is -1.78. The van der Waals surface area contributed by atoms with Crippen molar-refractivity contribution in [2.45, 2.75) is 6.42 Å². The first-order valence-electron chi connectivity index (χ1n) is 4.46. The summed E-state index contributed by atoms with van der Waals surface area (Å²) < 4.78 is 13.5. The molecule has 0 unspecified atom stereocenters. The lowest BCUT2D eigenvalue weighted by atomic mass is 10.1. The minimum atomic E-state index is -0.606. The van der Waals surface area contributed by atoms with Crippen LogP contribution in [-0.2, 0) is 11.2 Å². The van der Waals surface area contributed by atoms with Gasteiger partial charge < -0.3 is 16.4 Å². The Labute approximate surface area is 87.7 Å². The molecule has 15 heavy (non-hydrogen) atoms. The summed E-state index contributed by atoms with van der Waals surface area (Å²) in [6.45, 7) is 0. The van der Waals surface area contributed by atoms with Crippen molar-refractivity contribution in [3.05, 3.63) is 23.5 Å². The molecule has 1 rings (SSSR count). The molecule has 0 saturated carbocycles. The molecule has 1 amide bonds. The van der Waals surface area contributed by atoms with Crippen LogP contribution in [0.4, 0.5) is 15.8 Å². The fourth-order valence-electron chi connectivity index (χ4n) is 1.11. The van der Waals surface area contributed by atoms with Gasteiger partial charge in [-0.25, -0.2) is 4.39 Å². The maximum Gasteiger partial charge on any atom is 0.226 e. The number of hydrogen-bond acceptors (Lipinski definition) is 3. The molecule has 0 atom stereocenters. The first kappa shape index (κ1) is 11.3. The van der Waals surface area contributed by atoms with Gasteiger partial charge in [-0.3, -0.25) is 4.79 Å². The number of halogens is 1. The topological polar surface area (TPSA) is 72.3 Å². The summed E-state index contributed by atoms with van der Waals surface area (Å²) in [6.07, 6.45) is -0.0106. The lowest BCUT2D eigenvalue weighted by Gasteiger charge is -2.11. The average molecular weight is 211 g/mol. The normalized spacial score (nSPS) is 10.1. The largest absolute Gasteiger partial charge is 0.397 e. The Balaban J connectivity index is 2.97. The van der Waals surface area contributed by atoms with Gasteiger partial charge in [0.05, 0.1) is 17.8 Å². The van der Waals surface area contributed by atoms with Crippen molar-refractivity contribution in [1.29, 1.82) is 0 Å². The van der Waals surface area contributed by atoms with Crippen LogP contribution < -0.4 is 11.5 Å². The van der Waals surface area contributed by atoms with E-state index >= 15 is 0 Å². The Bertz CT molecular complexity index is 390. The quantitative estimate of drug-likeness (QED) is 0.704. The van der Waals surface area contributed by atoms with Gasteiger partial charge in [-0.2, -0.15) is 0 Å². The number of carbonyl (C=O) groups excluding carboxylic acids is 1. The van der Waals surface area contributed by atoms with Gasteiger partial charge in [-0.1, -0.05) is 6.07 Å². The molecule has 0 saturated heterocycles. The van der Waals surface area contributed by atoms with Gasteiger partial charge in [0, 0.05) is 14.1 Å². The molecule has 0 aliphatic carbocycles. The summed E-state index contributed by atoms with van der Waals surface area (Å²) in [5.74, 6) is -0.789. The van der Waals surface area contributed by atoms with Gasteiger partial charge in [0.2, 0.25) is 5.91 Å². The van der Waals surface area contributed by atoms with E-state index in [1.165, 1.54) is 17.0 Å². The van der Waals surface area contributed by atoms with Crippen LogP contribution in [0.25, 0.3) is 0 Å². The molecule has 1 aromatic rings. The number of benzene rings is 1. The van der Waals surface area contributed by atoms with E-state index in [1.807, 2.05) is 0 Å². The van der Waals surface area contributed by atoms with Crippen LogP contribution in [-0.4, -0.2) is 24.9 Å². The molecule has 0 radical (unpaired) electrons. The predicted octanol–water partition coefficient (Wildman–Crippen LogP) is 0.621. The van der Waals surface area contributed by atoms with Crippen molar-refractivity contribution in [3.8, 4) is 0 Å². The second-order valence-corrected chi connectivity index (χ2v) is 3.51. The van der Waals surface area contributed by atoms with Crippen LogP contribution in [0.2, 0.25) is 0 Å². The number of nitrogens with zero attached hydrogens (tertiary/aromatic N) is 1. The van der Waals surface area contributed by atoms with Gasteiger partial charge in [-0.15, -0.1) is 0 Å². The number of likely N-dealkylation sites (N-methyl/N-ethyl adjacent to an activating group) is 1. The second kappa shape index (κ2) is 4.16. The van der Waals surface area contributed by atoms with Crippen molar-refractivity contribution in [3.63, 3.8) is 0 Å². The van der Waals surface area contributed by atoms with Gasteiger partial charge in [0.25, 0.3) is 0 Å². The zero-order valence-electron chi connectivity index (χ0n) is 8.75. The Kier molecular flexibility index (Phi) is 3.14. The van der Waals surface area contributed by atoms with Crippen molar-refractivity contribution in [2.75, 3.05) is 25.6 Å². The number of hydrogen-bond donors (Lipinski definition) is 2. The monoisotopic (exact) mass is 211 g/mol. The molecule has 0 aliphatic rings. The van der Waals surface area contributed by atoms with E-state index in [-0.39, 0.29) is 29.3 Å². The SMILES string of the molecule is CN(C)C(=O)Cc1ccc(N)c(N)c1F. The zero-order valence-corrected chi connectivity index (χ0v) is 8.75. The molecule has 0 aromatic heterocycles.